The molecule has 1 aromatic heterocycles. The number of hydrogen-bond donors (Lipinski definition) is 0. The lowest BCUT2D eigenvalue weighted by atomic mass is 9.81. The number of nitriles is 1. The molecular weight excluding hydrogens is 286 g/mol. The minimum Gasteiger partial charge on any atom is -0.339 e. The molecule has 0 saturated heterocycles. The van der Waals surface area contributed by atoms with Crippen molar-refractivity contribution in [3.63, 3.8) is 0 Å². The van der Waals surface area contributed by atoms with Crippen molar-refractivity contribution in [2.75, 3.05) is 0 Å². The van der Waals surface area contributed by atoms with Crippen molar-refractivity contribution in [1.82, 2.24) is 10.1 Å². The Morgan fingerprint density at radius 2 is 2.24 bits per heavy atom. The summed E-state index contributed by atoms with van der Waals surface area (Å²) >= 11 is 5.96. The van der Waals surface area contributed by atoms with Crippen LogP contribution in [0.15, 0.2) is 28.8 Å². The molecule has 0 aliphatic carbocycles. The first-order valence-corrected chi connectivity index (χ1v) is 7.35. The molecule has 0 aliphatic rings. The van der Waals surface area contributed by atoms with Crippen LogP contribution < -0.4 is 0 Å². The molecule has 1 heterocycles. The Labute approximate surface area is 129 Å². The van der Waals surface area contributed by atoms with E-state index in [0.29, 0.717) is 36.0 Å². The molecule has 0 spiro atoms. The highest BCUT2D eigenvalue weighted by Crippen LogP contribution is 2.29. The number of rotatable bonds is 6. The van der Waals surface area contributed by atoms with Crippen molar-refractivity contribution < 1.29 is 4.52 Å². The van der Waals surface area contributed by atoms with Gasteiger partial charge in [-0.05, 0) is 29.5 Å². The SMILES string of the molecule is CCC(C)(CC#N)Cc1nc(Cc2cccc(Cl)c2)no1. The Kier molecular flexibility index (Phi) is 4.98. The van der Waals surface area contributed by atoms with Crippen LogP contribution >= 0.6 is 11.6 Å². The second-order valence-corrected chi connectivity index (χ2v) is 6.02. The maximum Gasteiger partial charge on any atom is 0.227 e. The zero-order valence-electron chi connectivity index (χ0n) is 12.3. The van der Waals surface area contributed by atoms with Crippen molar-refractivity contribution in [2.45, 2.75) is 39.5 Å². The van der Waals surface area contributed by atoms with Gasteiger partial charge in [0.25, 0.3) is 0 Å². The van der Waals surface area contributed by atoms with Crippen LogP contribution in [0.1, 0.15) is 44.0 Å². The summed E-state index contributed by atoms with van der Waals surface area (Å²) in [4.78, 5) is 4.42. The monoisotopic (exact) mass is 303 g/mol. The van der Waals surface area contributed by atoms with E-state index in [2.05, 4.69) is 30.1 Å². The Bertz CT molecular complexity index is 647. The van der Waals surface area contributed by atoms with E-state index in [1.807, 2.05) is 24.3 Å². The van der Waals surface area contributed by atoms with Crippen LogP contribution in [0.3, 0.4) is 0 Å². The highest BCUT2D eigenvalue weighted by Gasteiger charge is 2.25. The van der Waals surface area contributed by atoms with E-state index < -0.39 is 0 Å². The first-order chi connectivity index (χ1) is 10.0. The zero-order chi connectivity index (χ0) is 15.3. The number of hydrogen-bond acceptors (Lipinski definition) is 4. The molecule has 4 nitrogen and oxygen atoms in total. The van der Waals surface area contributed by atoms with Crippen LogP contribution in [0.5, 0.6) is 0 Å². The van der Waals surface area contributed by atoms with Gasteiger partial charge in [-0.2, -0.15) is 10.2 Å². The summed E-state index contributed by atoms with van der Waals surface area (Å²) in [5.41, 5.74) is 0.930. The third-order valence-electron chi connectivity index (χ3n) is 3.70. The standard InChI is InChI=1S/C16H18ClN3O/c1-3-16(2,7-8-18)11-15-19-14(20-21-15)10-12-5-4-6-13(17)9-12/h4-6,9H,3,7,10-11H2,1-2H3. The molecule has 21 heavy (non-hydrogen) atoms. The third kappa shape index (κ3) is 4.30. The molecule has 2 aromatic rings. The fourth-order valence-corrected chi connectivity index (χ4v) is 2.34. The Morgan fingerprint density at radius 3 is 2.90 bits per heavy atom. The second kappa shape index (κ2) is 6.73. The maximum atomic E-state index is 8.91. The molecule has 0 fully saturated rings. The maximum absolute atomic E-state index is 8.91. The predicted octanol–water partition coefficient (Wildman–Crippen LogP) is 4.19. The van der Waals surface area contributed by atoms with E-state index in [0.717, 1.165) is 12.0 Å². The summed E-state index contributed by atoms with van der Waals surface area (Å²) < 4.78 is 5.31. The molecule has 1 unspecified atom stereocenters. The zero-order valence-corrected chi connectivity index (χ0v) is 13.0. The van der Waals surface area contributed by atoms with Gasteiger partial charge in [-0.25, -0.2) is 0 Å². The van der Waals surface area contributed by atoms with Crippen molar-refractivity contribution in [1.29, 1.82) is 5.26 Å². The average molecular weight is 304 g/mol. The van der Waals surface area contributed by atoms with Gasteiger partial charge in [-0.3, -0.25) is 0 Å². The van der Waals surface area contributed by atoms with Gasteiger partial charge in [0.1, 0.15) is 0 Å². The highest BCUT2D eigenvalue weighted by molar-refractivity contribution is 6.30. The van der Waals surface area contributed by atoms with E-state index in [9.17, 15) is 0 Å². The Balaban J connectivity index is 2.06. The average Bonchev–Trinajstić information content (AvgIpc) is 2.86. The molecule has 0 N–H and O–H groups in total. The third-order valence-corrected chi connectivity index (χ3v) is 3.93. The summed E-state index contributed by atoms with van der Waals surface area (Å²) in [5, 5.41) is 13.6. The molecule has 1 atom stereocenters. The van der Waals surface area contributed by atoms with Crippen LogP contribution in [-0.4, -0.2) is 10.1 Å². The van der Waals surface area contributed by atoms with Crippen molar-refractivity contribution in [3.05, 3.63) is 46.6 Å². The fourth-order valence-electron chi connectivity index (χ4n) is 2.13. The summed E-state index contributed by atoms with van der Waals surface area (Å²) in [6.45, 7) is 4.14. The van der Waals surface area contributed by atoms with Crippen molar-refractivity contribution >= 4 is 11.6 Å². The Morgan fingerprint density at radius 1 is 1.43 bits per heavy atom. The lowest BCUT2D eigenvalue weighted by Gasteiger charge is -2.22. The molecule has 5 heteroatoms. The van der Waals surface area contributed by atoms with Crippen LogP contribution in [0.25, 0.3) is 0 Å². The lowest BCUT2D eigenvalue weighted by Crippen LogP contribution is -2.18. The van der Waals surface area contributed by atoms with Gasteiger partial charge in [0.2, 0.25) is 5.89 Å². The second-order valence-electron chi connectivity index (χ2n) is 5.59. The quantitative estimate of drug-likeness (QED) is 0.803. The van der Waals surface area contributed by atoms with E-state index in [4.69, 9.17) is 21.4 Å². The van der Waals surface area contributed by atoms with Gasteiger partial charge in [-0.1, -0.05) is 42.7 Å². The topological polar surface area (TPSA) is 62.7 Å². The highest BCUT2D eigenvalue weighted by atomic mass is 35.5. The number of nitrogens with zero attached hydrogens (tertiary/aromatic N) is 3. The molecule has 0 bridgehead atoms. The summed E-state index contributed by atoms with van der Waals surface area (Å²) in [5.74, 6) is 1.23. The van der Waals surface area contributed by atoms with Gasteiger partial charge in [0.05, 0.1) is 6.07 Å². The van der Waals surface area contributed by atoms with Gasteiger partial charge in [0.15, 0.2) is 5.82 Å². The smallest absolute Gasteiger partial charge is 0.227 e. The van der Waals surface area contributed by atoms with Crippen molar-refractivity contribution in [3.8, 4) is 6.07 Å². The van der Waals surface area contributed by atoms with E-state index in [1.54, 1.807) is 0 Å². The predicted molar refractivity (Wildman–Crippen MR) is 80.9 cm³/mol. The summed E-state index contributed by atoms with van der Waals surface area (Å²) in [7, 11) is 0. The van der Waals surface area contributed by atoms with Crippen LogP contribution in [0.4, 0.5) is 0 Å². The largest absolute Gasteiger partial charge is 0.339 e. The number of benzene rings is 1. The van der Waals surface area contributed by atoms with E-state index in [1.165, 1.54) is 0 Å². The van der Waals surface area contributed by atoms with Gasteiger partial charge < -0.3 is 4.52 Å². The molecule has 0 aliphatic heterocycles. The van der Waals surface area contributed by atoms with Gasteiger partial charge in [-0.15, -0.1) is 0 Å². The fraction of sp³-hybridized carbons (Fsp3) is 0.438. The molecule has 110 valence electrons. The van der Waals surface area contributed by atoms with Crippen LogP contribution in [-0.2, 0) is 12.8 Å². The minimum atomic E-state index is -0.116. The number of halogens is 1. The van der Waals surface area contributed by atoms with Gasteiger partial charge in [0, 0.05) is 24.3 Å². The molecule has 0 saturated carbocycles. The lowest BCUT2D eigenvalue weighted by molar-refractivity contribution is 0.265. The van der Waals surface area contributed by atoms with E-state index in [-0.39, 0.29) is 5.41 Å². The van der Waals surface area contributed by atoms with Crippen molar-refractivity contribution in [2.24, 2.45) is 5.41 Å². The van der Waals surface area contributed by atoms with E-state index >= 15 is 0 Å². The van der Waals surface area contributed by atoms with Gasteiger partial charge >= 0.3 is 0 Å². The molecule has 0 radical (unpaired) electrons. The first kappa shape index (κ1) is 15.5. The number of aromatic nitrogens is 2. The van der Waals surface area contributed by atoms with Crippen LogP contribution in [0, 0.1) is 16.7 Å². The minimum absolute atomic E-state index is 0.116. The normalized spacial score (nSPS) is 13.6. The molecule has 2 rings (SSSR count). The molecule has 0 amide bonds. The summed E-state index contributed by atoms with van der Waals surface area (Å²) in [6, 6.07) is 9.84. The first-order valence-electron chi connectivity index (χ1n) is 6.97. The summed E-state index contributed by atoms with van der Waals surface area (Å²) in [6.07, 6.45) is 2.59. The molecular formula is C16H18ClN3O. The Hall–Kier alpha value is -1.86. The molecule has 1 aromatic carbocycles. The van der Waals surface area contributed by atoms with Crippen LogP contribution in [0.2, 0.25) is 5.02 Å².